The van der Waals surface area contributed by atoms with Crippen LogP contribution >= 0.6 is 0 Å². The molecular formula is C23H42O8. The average molecular weight is 447 g/mol. The molecule has 0 spiro atoms. The van der Waals surface area contributed by atoms with E-state index in [1.165, 1.54) is 6.08 Å². The fourth-order valence-electron chi connectivity index (χ4n) is 3.81. The molecule has 182 valence electrons. The molecule has 31 heavy (non-hydrogen) atoms. The normalized spacial score (nSPS) is 24.8. The van der Waals surface area contributed by atoms with Crippen molar-refractivity contribution in [1.29, 1.82) is 0 Å². The summed E-state index contributed by atoms with van der Waals surface area (Å²) in [4.78, 5) is 11.3. The van der Waals surface area contributed by atoms with Crippen molar-refractivity contribution in [1.82, 2.24) is 0 Å². The van der Waals surface area contributed by atoms with E-state index in [-0.39, 0.29) is 31.2 Å². The number of methoxy groups -OCH3 is 2. The number of rotatable bonds is 16. The minimum atomic E-state index is -0.737. The van der Waals surface area contributed by atoms with Crippen LogP contribution in [0.3, 0.4) is 0 Å². The number of hydrogen-bond acceptors (Lipinski definition) is 8. The second-order valence-electron chi connectivity index (χ2n) is 8.22. The van der Waals surface area contributed by atoms with E-state index in [2.05, 4.69) is 6.92 Å². The van der Waals surface area contributed by atoms with Gasteiger partial charge in [-0.3, -0.25) is 0 Å². The van der Waals surface area contributed by atoms with Gasteiger partial charge < -0.3 is 33.9 Å². The zero-order valence-corrected chi connectivity index (χ0v) is 19.5. The summed E-state index contributed by atoms with van der Waals surface area (Å²) in [5, 5.41) is 20.5. The topological polar surface area (TPSA) is 104 Å². The Kier molecular flexibility index (Phi) is 15.0. The highest BCUT2D eigenvalue weighted by molar-refractivity contribution is 5.81. The molecule has 0 unspecified atom stereocenters. The number of carbonyl (C=O) groups is 1. The first kappa shape index (κ1) is 28.0. The predicted octanol–water partition coefficient (Wildman–Crippen LogP) is 2.60. The summed E-state index contributed by atoms with van der Waals surface area (Å²) in [5.41, 5.74) is 0. The third-order valence-electron chi connectivity index (χ3n) is 5.59. The van der Waals surface area contributed by atoms with Crippen LogP contribution in [0.5, 0.6) is 0 Å². The van der Waals surface area contributed by atoms with Crippen LogP contribution in [0, 0.1) is 5.92 Å². The maximum absolute atomic E-state index is 11.3. The third kappa shape index (κ3) is 12.6. The van der Waals surface area contributed by atoms with Crippen LogP contribution in [0.25, 0.3) is 0 Å². The van der Waals surface area contributed by atoms with Gasteiger partial charge in [-0.25, -0.2) is 4.79 Å². The molecule has 0 aromatic heterocycles. The number of ether oxygens (including phenoxy) is 5. The molecule has 0 aromatic rings. The molecule has 1 aliphatic heterocycles. The highest BCUT2D eigenvalue weighted by Crippen LogP contribution is 2.30. The standard InChI is InChI=1S/C23H42O8/c1-5-30-23(26)8-6-7-18(24)13-19(25)14-21(28-4)15-22-17(2)9-10-20(31-22)11-12-29-16-27-3/h6,8,17-22,24-25H,5,7,9-16H2,1-4H3/b8-6+/t17-,18-,19-,20-,21-,22+/m0/s1. The lowest BCUT2D eigenvalue weighted by molar-refractivity contribution is -0.137. The first-order valence-electron chi connectivity index (χ1n) is 11.3. The van der Waals surface area contributed by atoms with Gasteiger partial charge in [0.05, 0.1) is 43.7 Å². The van der Waals surface area contributed by atoms with Crippen molar-refractivity contribution < 1.29 is 38.7 Å². The maximum atomic E-state index is 11.3. The van der Waals surface area contributed by atoms with Crippen molar-refractivity contribution in [3.8, 4) is 0 Å². The van der Waals surface area contributed by atoms with Gasteiger partial charge in [0, 0.05) is 26.7 Å². The van der Waals surface area contributed by atoms with Gasteiger partial charge in [-0.2, -0.15) is 0 Å². The lowest BCUT2D eigenvalue weighted by Gasteiger charge is -2.37. The molecule has 8 heteroatoms. The SMILES string of the molecule is CCOC(=O)/C=C/C[C@H](O)C[C@H](O)C[C@@H](C[C@H]1O[C@H](CCOCOC)CC[C@@H]1C)OC. The molecule has 6 atom stereocenters. The molecule has 0 aromatic carbocycles. The van der Waals surface area contributed by atoms with E-state index in [1.807, 2.05) is 0 Å². The second-order valence-corrected chi connectivity index (χ2v) is 8.22. The number of carbonyl (C=O) groups excluding carboxylic acids is 1. The van der Waals surface area contributed by atoms with E-state index >= 15 is 0 Å². The largest absolute Gasteiger partial charge is 0.463 e. The monoisotopic (exact) mass is 446 g/mol. The fraction of sp³-hybridized carbons (Fsp3) is 0.870. The Bertz CT molecular complexity index is 498. The van der Waals surface area contributed by atoms with Crippen LogP contribution in [-0.2, 0) is 28.5 Å². The van der Waals surface area contributed by atoms with Crippen LogP contribution in [0.2, 0.25) is 0 Å². The lowest BCUT2D eigenvalue weighted by Crippen LogP contribution is -2.38. The molecule has 0 aliphatic carbocycles. The molecule has 1 heterocycles. The summed E-state index contributed by atoms with van der Waals surface area (Å²) >= 11 is 0. The Hall–Kier alpha value is -1.03. The maximum Gasteiger partial charge on any atom is 0.330 e. The minimum Gasteiger partial charge on any atom is -0.463 e. The second kappa shape index (κ2) is 16.6. The zero-order chi connectivity index (χ0) is 23.1. The minimum absolute atomic E-state index is 0.0655. The van der Waals surface area contributed by atoms with Gasteiger partial charge in [-0.05, 0) is 51.4 Å². The summed E-state index contributed by atoms with van der Waals surface area (Å²) in [7, 11) is 3.24. The summed E-state index contributed by atoms with van der Waals surface area (Å²) in [5.74, 6) is -0.00981. The van der Waals surface area contributed by atoms with Gasteiger partial charge in [0.15, 0.2) is 0 Å². The molecule has 1 aliphatic rings. The first-order chi connectivity index (χ1) is 14.9. The number of aliphatic hydroxyl groups is 2. The molecule has 0 saturated carbocycles. The van der Waals surface area contributed by atoms with Gasteiger partial charge >= 0.3 is 5.97 Å². The Morgan fingerprint density at radius 1 is 1.19 bits per heavy atom. The van der Waals surface area contributed by atoms with Crippen molar-refractivity contribution in [2.75, 3.05) is 34.2 Å². The van der Waals surface area contributed by atoms with E-state index < -0.39 is 18.2 Å². The van der Waals surface area contributed by atoms with Gasteiger partial charge in [-0.1, -0.05) is 13.0 Å². The van der Waals surface area contributed by atoms with Crippen molar-refractivity contribution in [2.24, 2.45) is 5.92 Å². The van der Waals surface area contributed by atoms with E-state index in [0.717, 1.165) is 19.3 Å². The highest BCUT2D eigenvalue weighted by atomic mass is 16.7. The molecule has 0 radical (unpaired) electrons. The van der Waals surface area contributed by atoms with Gasteiger partial charge in [0.25, 0.3) is 0 Å². The third-order valence-corrected chi connectivity index (χ3v) is 5.59. The van der Waals surface area contributed by atoms with Crippen molar-refractivity contribution in [2.45, 2.75) is 89.3 Å². The summed E-state index contributed by atoms with van der Waals surface area (Å²) < 4.78 is 27.0. The number of hydrogen-bond donors (Lipinski definition) is 2. The zero-order valence-electron chi connectivity index (χ0n) is 19.5. The number of aliphatic hydroxyl groups excluding tert-OH is 2. The molecule has 1 fully saturated rings. The summed E-state index contributed by atoms with van der Waals surface area (Å²) in [6.07, 6.45) is 6.04. The van der Waals surface area contributed by atoms with Crippen LogP contribution in [0.1, 0.15) is 58.8 Å². The highest BCUT2D eigenvalue weighted by Gasteiger charge is 2.31. The first-order valence-corrected chi connectivity index (χ1v) is 11.3. The van der Waals surface area contributed by atoms with Crippen LogP contribution < -0.4 is 0 Å². The van der Waals surface area contributed by atoms with Crippen LogP contribution in [0.4, 0.5) is 0 Å². The lowest BCUT2D eigenvalue weighted by atomic mass is 9.88. The van der Waals surface area contributed by atoms with E-state index in [1.54, 1.807) is 27.2 Å². The Morgan fingerprint density at radius 2 is 1.97 bits per heavy atom. The molecule has 2 N–H and O–H groups in total. The molecule has 8 nitrogen and oxygen atoms in total. The van der Waals surface area contributed by atoms with E-state index in [0.29, 0.717) is 38.8 Å². The van der Waals surface area contributed by atoms with Gasteiger partial charge in [-0.15, -0.1) is 0 Å². The van der Waals surface area contributed by atoms with Crippen molar-refractivity contribution >= 4 is 5.97 Å². The Morgan fingerprint density at radius 3 is 2.65 bits per heavy atom. The molecule has 0 amide bonds. The van der Waals surface area contributed by atoms with Crippen LogP contribution in [-0.4, -0.2) is 80.9 Å². The Labute approximate surface area is 186 Å². The Balaban J connectivity index is 2.40. The quantitative estimate of drug-likeness (QED) is 0.161. The van der Waals surface area contributed by atoms with Crippen molar-refractivity contribution in [3.05, 3.63) is 12.2 Å². The van der Waals surface area contributed by atoms with Crippen LogP contribution in [0.15, 0.2) is 12.2 Å². The molecular weight excluding hydrogens is 404 g/mol. The smallest absolute Gasteiger partial charge is 0.330 e. The predicted molar refractivity (Wildman–Crippen MR) is 117 cm³/mol. The average Bonchev–Trinajstić information content (AvgIpc) is 2.72. The van der Waals surface area contributed by atoms with Gasteiger partial charge in [0.2, 0.25) is 0 Å². The summed E-state index contributed by atoms with van der Waals surface area (Å²) in [6.45, 7) is 5.13. The van der Waals surface area contributed by atoms with E-state index in [4.69, 9.17) is 23.7 Å². The van der Waals surface area contributed by atoms with Gasteiger partial charge in [0.1, 0.15) is 6.79 Å². The molecule has 1 rings (SSSR count). The van der Waals surface area contributed by atoms with E-state index in [9.17, 15) is 15.0 Å². The fourth-order valence-corrected chi connectivity index (χ4v) is 3.81. The van der Waals surface area contributed by atoms with Crippen molar-refractivity contribution in [3.63, 3.8) is 0 Å². The molecule has 0 bridgehead atoms. The molecule has 1 saturated heterocycles. The summed E-state index contributed by atoms with van der Waals surface area (Å²) in [6, 6.07) is 0. The number of esters is 1.